The highest BCUT2D eigenvalue weighted by Gasteiger charge is 2.20. The summed E-state index contributed by atoms with van der Waals surface area (Å²) in [5, 5.41) is 0.647. The smallest absolute Gasteiger partial charge is 0.215 e. The van der Waals surface area contributed by atoms with Gasteiger partial charge in [-0.3, -0.25) is 4.79 Å². The van der Waals surface area contributed by atoms with Crippen molar-refractivity contribution in [3.8, 4) is 0 Å². The highest BCUT2D eigenvalue weighted by molar-refractivity contribution is 6.52. The van der Waals surface area contributed by atoms with E-state index in [4.69, 9.17) is 16.3 Å². The van der Waals surface area contributed by atoms with E-state index in [1.54, 1.807) is 24.3 Å². The van der Waals surface area contributed by atoms with E-state index in [-0.39, 0.29) is 11.5 Å². The van der Waals surface area contributed by atoms with E-state index in [9.17, 15) is 4.79 Å². The van der Waals surface area contributed by atoms with Gasteiger partial charge in [-0.15, -0.1) is 0 Å². The van der Waals surface area contributed by atoms with Crippen molar-refractivity contribution in [1.29, 1.82) is 0 Å². The van der Waals surface area contributed by atoms with Gasteiger partial charge in [0.05, 0.1) is 12.3 Å². The largest absolute Gasteiger partial charge is 0.491 e. The molecule has 0 aromatic heterocycles. The number of rotatable bonds is 7. The van der Waals surface area contributed by atoms with Gasteiger partial charge in [-0.1, -0.05) is 72.3 Å². The molecule has 0 N–H and O–H groups in total. The number of ketones is 1. The molecule has 0 atom stereocenters. The molecule has 28 heavy (non-hydrogen) atoms. The predicted octanol–water partition coefficient (Wildman–Crippen LogP) is 6.37. The highest BCUT2D eigenvalue weighted by Crippen LogP contribution is 2.20. The normalized spacial score (nSPS) is 11.9. The first-order chi connectivity index (χ1) is 13.7. The van der Waals surface area contributed by atoms with Crippen LogP contribution in [0, 0.1) is 0 Å². The number of nitrogens with zero attached hydrogens (tertiary/aromatic N) is 1. The van der Waals surface area contributed by atoms with Crippen molar-refractivity contribution in [3.05, 3.63) is 107 Å². The first kappa shape index (κ1) is 19.6. The summed E-state index contributed by atoms with van der Waals surface area (Å²) < 4.78 is 5.83. The molecule has 0 bridgehead atoms. The summed E-state index contributed by atoms with van der Waals surface area (Å²) in [7, 11) is 0. The molecule has 4 heteroatoms. The molecule has 3 rings (SSSR count). The monoisotopic (exact) mass is 389 g/mol. The van der Waals surface area contributed by atoms with Gasteiger partial charge in [0.1, 0.15) is 5.76 Å². The highest BCUT2D eigenvalue weighted by atomic mass is 35.5. The molecule has 0 fully saturated rings. The fraction of sp³-hybridized carbons (Fsp3) is 0.0833. The Bertz CT molecular complexity index is 978. The van der Waals surface area contributed by atoms with Gasteiger partial charge in [-0.05, 0) is 42.8 Å². The van der Waals surface area contributed by atoms with Crippen LogP contribution in [0.3, 0.4) is 0 Å². The lowest BCUT2D eigenvalue weighted by molar-refractivity contribution is 0.106. The van der Waals surface area contributed by atoms with Crippen LogP contribution in [0.5, 0.6) is 0 Å². The number of Topliss-reactive ketones (excluding diaryl/α,β-unsaturated/α-hetero) is 1. The van der Waals surface area contributed by atoms with Crippen molar-refractivity contribution in [2.45, 2.75) is 6.92 Å². The fourth-order valence-electron chi connectivity index (χ4n) is 2.62. The number of allylic oxidation sites excluding steroid dienone is 1. The molecule has 0 spiro atoms. The Morgan fingerprint density at radius 3 is 2.14 bits per heavy atom. The number of ether oxygens (including phenoxy) is 1. The maximum atomic E-state index is 13.2. The second-order valence-electron chi connectivity index (χ2n) is 5.98. The van der Waals surface area contributed by atoms with Crippen LogP contribution in [-0.2, 0) is 4.74 Å². The Kier molecular flexibility index (Phi) is 6.77. The number of hydrogen-bond donors (Lipinski definition) is 0. The molecule has 3 aromatic rings. The van der Waals surface area contributed by atoms with Crippen molar-refractivity contribution < 1.29 is 9.53 Å². The topological polar surface area (TPSA) is 38.7 Å². The SMILES string of the molecule is CCO/C(=C\c1ccc(Cl)cc1)C(=Nc1ccccc1)C(=O)c1ccccc1. The number of carbonyl (C=O) groups is 1. The molecule has 0 unspecified atom stereocenters. The molecule has 3 aromatic carbocycles. The Morgan fingerprint density at radius 2 is 1.54 bits per heavy atom. The molecular formula is C24H20ClNO2. The van der Waals surface area contributed by atoms with Gasteiger partial charge < -0.3 is 4.74 Å². The van der Waals surface area contributed by atoms with E-state index >= 15 is 0 Å². The lowest BCUT2D eigenvalue weighted by Gasteiger charge is -2.12. The standard InChI is InChI=1S/C24H20ClNO2/c1-2-28-22(17-18-13-15-20(25)16-14-18)23(26-21-11-7-4-8-12-21)24(27)19-9-5-3-6-10-19/h3-17H,2H2,1H3/b22-17-,26-23?. The molecular weight excluding hydrogens is 370 g/mol. The summed E-state index contributed by atoms with van der Waals surface area (Å²) in [5.41, 5.74) is 2.37. The number of halogens is 1. The van der Waals surface area contributed by atoms with Crippen LogP contribution < -0.4 is 0 Å². The summed E-state index contributed by atoms with van der Waals surface area (Å²) in [6, 6.07) is 25.8. The van der Waals surface area contributed by atoms with E-state index in [0.29, 0.717) is 28.6 Å². The molecule has 0 radical (unpaired) electrons. The molecule has 0 amide bonds. The number of hydrogen-bond acceptors (Lipinski definition) is 3. The average Bonchev–Trinajstić information content (AvgIpc) is 2.74. The first-order valence-corrected chi connectivity index (χ1v) is 9.39. The van der Waals surface area contributed by atoms with Crippen LogP contribution in [0.15, 0.2) is 95.7 Å². The zero-order valence-electron chi connectivity index (χ0n) is 15.5. The Hall–Kier alpha value is -3.17. The third-order valence-electron chi connectivity index (χ3n) is 3.95. The summed E-state index contributed by atoms with van der Waals surface area (Å²) >= 11 is 5.98. The van der Waals surface area contributed by atoms with Crippen LogP contribution in [0.4, 0.5) is 5.69 Å². The molecule has 0 aliphatic heterocycles. The van der Waals surface area contributed by atoms with Crippen LogP contribution in [0.2, 0.25) is 5.02 Å². The summed E-state index contributed by atoms with van der Waals surface area (Å²) in [6.07, 6.45) is 1.81. The minimum absolute atomic E-state index is 0.196. The van der Waals surface area contributed by atoms with Crippen molar-refractivity contribution in [1.82, 2.24) is 0 Å². The van der Waals surface area contributed by atoms with Gasteiger partial charge >= 0.3 is 0 Å². The molecule has 0 heterocycles. The summed E-state index contributed by atoms with van der Waals surface area (Å²) in [5.74, 6) is 0.223. The average molecular weight is 390 g/mol. The second kappa shape index (κ2) is 9.67. The third kappa shape index (κ3) is 5.18. The van der Waals surface area contributed by atoms with E-state index < -0.39 is 0 Å². The number of aliphatic imine (C=N–C) groups is 1. The van der Waals surface area contributed by atoms with E-state index in [2.05, 4.69) is 4.99 Å². The molecule has 0 saturated carbocycles. The minimum Gasteiger partial charge on any atom is -0.491 e. The Balaban J connectivity index is 2.10. The number of para-hydroxylation sites is 1. The van der Waals surface area contributed by atoms with Crippen molar-refractivity contribution in [3.63, 3.8) is 0 Å². The van der Waals surface area contributed by atoms with Gasteiger partial charge in [0.2, 0.25) is 5.78 Å². The first-order valence-electron chi connectivity index (χ1n) is 9.01. The van der Waals surface area contributed by atoms with E-state index in [0.717, 1.165) is 5.56 Å². The summed E-state index contributed by atoms with van der Waals surface area (Å²) in [6.45, 7) is 2.29. The van der Waals surface area contributed by atoms with E-state index in [1.807, 2.05) is 73.7 Å². The number of benzene rings is 3. The number of carbonyl (C=O) groups excluding carboxylic acids is 1. The Morgan fingerprint density at radius 1 is 0.929 bits per heavy atom. The van der Waals surface area contributed by atoms with Crippen molar-refractivity contribution in [2.75, 3.05) is 6.61 Å². The maximum Gasteiger partial charge on any atom is 0.215 e. The second-order valence-corrected chi connectivity index (χ2v) is 6.42. The molecule has 3 nitrogen and oxygen atoms in total. The van der Waals surface area contributed by atoms with Gasteiger partial charge in [0, 0.05) is 10.6 Å². The van der Waals surface area contributed by atoms with Crippen LogP contribution >= 0.6 is 11.6 Å². The Labute approximate surface area is 170 Å². The zero-order valence-corrected chi connectivity index (χ0v) is 16.3. The fourth-order valence-corrected chi connectivity index (χ4v) is 2.75. The zero-order chi connectivity index (χ0) is 19.8. The summed E-state index contributed by atoms with van der Waals surface area (Å²) in [4.78, 5) is 17.9. The van der Waals surface area contributed by atoms with Gasteiger partial charge in [0.15, 0.2) is 5.71 Å². The molecule has 140 valence electrons. The predicted molar refractivity (Wildman–Crippen MR) is 115 cm³/mol. The van der Waals surface area contributed by atoms with Crippen molar-refractivity contribution >= 4 is 34.9 Å². The molecule has 0 aliphatic carbocycles. The quantitative estimate of drug-likeness (QED) is 0.267. The lowest BCUT2D eigenvalue weighted by atomic mass is 10.0. The van der Waals surface area contributed by atoms with Crippen LogP contribution in [-0.4, -0.2) is 18.1 Å². The lowest BCUT2D eigenvalue weighted by Crippen LogP contribution is -2.19. The third-order valence-corrected chi connectivity index (χ3v) is 4.20. The minimum atomic E-state index is -0.196. The van der Waals surface area contributed by atoms with Gasteiger partial charge in [-0.2, -0.15) is 0 Å². The van der Waals surface area contributed by atoms with Crippen LogP contribution in [0.1, 0.15) is 22.8 Å². The van der Waals surface area contributed by atoms with E-state index in [1.165, 1.54) is 0 Å². The molecule has 0 aliphatic rings. The molecule has 0 saturated heterocycles. The maximum absolute atomic E-state index is 13.2. The van der Waals surface area contributed by atoms with Crippen LogP contribution in [0.25, 0.3) is 6.08 Å². The van der Waals surface area contributed by atoms with Gasteiger partial charge in [-0.25, -0.2) is 4.99 Å². The van der Waals surface area contributed by atoms with Gasteiger partial charge in [0.25, 0.3) is 0 Å². The van der Waals surface area contributed by atoms with Crippen molar-refractivity contribution in [2.24, 2.45) is 4.99 Å².